The zero-order valence-electron chi connectivity index (χ0n) is 12.0. The fourth-order valence-electron chi connectivity index (χ4n) is 2.01. The summed E-state index contributed by atoms with van der Waals surface area (Å²) in [7, 11) is 0. The smallest absolute Gasteiger partial charge is 0.280 e. The third-order valence-electron chi connectivity index (χ3n) is 3.04. The van der Waals surface area contributed by atoms with Crippen LogP contribution in [-0.2, 0) is 13.1 Å². The average molecular weight is 317 g/mol. The quantitative estimate of drug-likeness (QED) is 0.750. The Balaban J connectivity index is 1.67. The first-order valence-corrected chi connectivity index (χ1v) is 7.74. The lowest BCUT2D eigenvalue weighted by atomic mass is 10.3. The second kappa shape index (κ2) is 6.10. The van der Waals surface area contributed by atoms with E-state index >= 15 is 0 Å². The van der Waals surface area contributed by atoms with Crippen LogP contribution in [0.4, 0.5) is 0 Å². The number of phenols is 1. The molecule has 8 heteroatoms. The molecule has 1 amide bonds. The van der Waals surface area contributed by atoms with Gasteiger partial charge in [0.25, 0.3) is 5.91 Å². The summed E-state index contributed by atoms with van der Waals surface area (Å²) in [6.07, 6.45) is 2.80. The number of rotatable bonds is 5. The molecule has 3 aromatic rings. The minimum atomic E-state index is -0.259. The lowest BCUT2D eigenvalue weighted by Gasteiger charge is -1.98. The Labute approximate surface area is 130 Å². The van der Waals surface area contributed by atoms with E-state index in [4.69, 9.17) is 0 Å². The van der Waals surface area contributed by atoms with Crippen molar-refractivity contribution in [3.63, 3.8) is 0 Å². The van der Waals surface area contributed by atoms with E-state index in [2.05, 4.69) is 27.5 Å². The van der Waals surface area contributed by atoms with Crippen LogP contribution < -0.4 is 5.32 Å². The maximum atomic E-state index is 12.1. The van der Waals surface area contributed by atoms with Crippen LogP contribution in [0.2, 0.25) is 0 Å². The SMILES string of the molecule is CCCn1cc(CNC(=O)c2nc3ccc(O)cc3s2)nn1. The second-order valence-corrected chi connectivity index (χ2v) is 5.86. The van der Waals surface area contributed by atoms with E-state index in [-0.39, 0.29) is 11.7 Å². The van der Waals surface area contributed by atoms with Gasteiger partial charge in [0.2, 0.25) is 0 Å². The molecular weight excluding hydrogens is 302 g/mol. The fraction of sp³-hybridized carbons (Fsp3) is 0.286. The number of aromatic hydroxyl groups is 1. The number of hydrogen-bond acceptors (Lipinski definition) is 6. The highest BCUT2D eigenvalue weighted by atomic mass is 32.1. The molecule has 7 nitrogen and oxygen atoms in total. The summed E-state index contributed by atoms with van der Waals surface area (Å²) >= 11 is 1.24. The molecule has 0 saturated carbocycles. The van der Waals surface area contributed by atoms with Crippen molar-refractivity contribution in [3.05, 3.63) is 35.1 Å². The Bertz CT molecular complexity index is 811. The molecule has 0 fully saturated rings. The Morgan fingerprint density at radius 3 is 3.14 bits per heavy atom. The summed E-state index contributed by atoms with van der Waals surface area (Å²) in [4.78, 5) is 16.4. The number of fused-ring (bicyclic) bond motifs is 1. The van der Waals surface area contributed by atoms with E-state index in [1.54, 1.807) is 22.9 Å². The van der Waals surface area contributed by atoms with Gasteiger partial charge in [0.05, 0.1) is 23.0 Å². The summed E-state index contributed by atoms with van der Waals surface area (Å²) in [5, 5.41) is 20.6. The van der Waals surface area contributed by atoms with Crippen LogP contribution in [0.3, 0.4) is 0 Å². The summed E-state index contributed by atoms with van der Waals surface area (Å²) in [6.45, 7) is 3.18. The predicted molar refractivity (Wildman–Crippen MR) is 82.8 cm³/mol. The number of benzene rings is 1. The van der Waals surface area contributed by atoms with Crippen molar-refractivity contribution in [2.75, 3.05) is 0 Å². The van der Waals surface area contributed by atoms with E-state index in [0.717, 1.165) is 17.7 Å². The topological polar surface area (TPSA) is 92.9 Å². The van der Waals surface area contributed by atoms with Gasteiger partial charge in [-0.05, 0) is 24.6 Å². The molecule has 114 valence electrons. The van der Waals surface area contributed by atoms with Gasteiger partial charge in [-0.2, -0.15) is 0 Å². The Hall–Kier alpha value is -2.48. The number of thiazole rings is 1. The van der Waals surface area contributed by atoms with E-state index in [0.29, 0.717) is 22.8 Å². The number of carbonyl (C=O) groups is 1. The predicted octanol–water partition coefficient (Wildman–Crippen LogP) is 1.93. The van der Waals surface area contributed by atoms with Crippen LogP contribution >= 0.6 is 11.3 Å². The highest BCUT2D eigenvalue weighted by Crippen LogP contribution is 2.25. The Kier molecular flexibility index (Phi) is 4.01. The van der Waals surface area contributed by atoms with Crippen molar-refractivity contribution in [3.8, 4) is 5.75 Å². The molecule has 22 heavy (non-hydrogen) atoms. The van der Waals surface area contributed by atoms with Crippen LogP contribution in [0, 0.1) is 0 Å². The minimum Gasteiger partial charge on any atom is -0.508 e. The Morgan fingerprint density at radius 1 is 1.45 bits per heavy atom. The molecule has 0 spiro atoms. The number of amides is 1. The molecule has 0 aliphatic rings. The highest BCUT2D eigenvalue weighted by molar-refractivity contribution is 7.20. The first-order valence-electron chi connectivity index (χ1n) is 6.92. The summed E-state index contributed by atoms with van der Waals surface area (Å²) < 4.78 is 2.53. The summed E-state index contributed by atoms with van der Waals surface area (Å²) in [5.41, 5.74) is 1.40. The van der Waals surface area contributed by atoms with E-state index in [1.807, 2.05) is 6.20 Å². The molecule has 0 radical (unpaired) electrons. The van der Waals surface area contributed by atoms with Crippen LogP contribution in [-0.4, -0.2) is 31.0 Å². The number of carbonyl (C=O) groups excluding carboxylic acids is 1. The number of aryl methyl sites for hydroxylation is 1. The van der Waals surface area contributed by atoms with Crippen LogP contribution in [0.5, 0.6) is 5.75 Å². The molecule has 2 N–H and O–H groups in total. The molecule has 0 saturated heterocycles. The molecule has 2 aromatic heterocycles. The lowest BCUT2D eigenvalue weighted by molar-refractivity contribution is 0.0950. The van der Waals surface area contributed by atoms with Gasteiger partial charge >= 0.3 is 0 Å². The molecule has 0 unspecified atom stereocenters. The number of hydrogen-bond donors (Lipinski definition) is 2. The van der Waals surface area contributed by atoms with E-state index in [1.165, 1.54) is 11.3 Å². The van der Waals surface area contributed by atoms with Gasteiger partial charge in [-0.1, -0.05) is 12.1 Å². The van der Waals surface area contributed by atoms with Gasteiger partial charge < -0.3 is 10.4 Å². The molecule has 0 aliphatic heterocycles. The van der Waals surface area contributed by atoms with Gasteiger partial charge in [-0.15, -0.1) is 16.4 Å². The Morgan fingerprint density at radius 2 is 2.32 bits per heavy atom. The van der Waals surface area contributed by atoms with Gasteiger partial charge in [0.15, 0.2) is 5.01 Å². The van der Waals surface area contributed by atoms with Crippen LogP contribution in [0.25, 0.3) is 10.2 Å². The van der Waals surface area contributed by atoms with Crippen molar-refractivity contribution in [2.24, 2.45) is 0 Å². The number of aromatic nitrogens is 4. The van der Waals surface area contributed by atoms with E-state index in [9.17, 15) is 9.90 Å². The third-order valence-corrected chi connectivity index (χ3v) is 4.05. The fourth-order valence-corrected chi connectivity index (χ4v) is 2.93. The normalized spacial score (nSPS) is 11.0. The largest absolute Gasteiger partial charge is 0.508 e. The maximum Gasteiger partial charge on any atom is 0.280 e. The monoisotopic (exact) mass is 317 g/mol. The summed E-state index contributed by atoms with van der Waals surface area (Å²) in [6, 6.07) is 4.84. The summed E-state index contributed by atoms with van der Waals surface area (Å²) in [5.74, 6) is -0.0959. The molecule has 0 atom stereocenters. The van der Waals surface area contributed by atoms with Crippen molar-refractivity contribution in [2.45, 2.75) is 26.4 Å². The highest BCUT2D eigenvalue weighted by Gasteiger charge is 2.13. The van der Waals surface area contributed by atoms with Crippen molar-refractivity contribution in [1.29, 1.82) is 0 Å². The number of nitrogens with zero attached hydrogens (tertiary/aromatic N) is 4. The number of nitrogens with one attached hydrogen (secondary N) is 1. The standard InChI is InChI=1S/C14H15N5O2S/c1-2-5-19-8-9(17-18-19)7-15-13(21)14-16-11-4-3-10(20)6-12(11)22-14/h3-4,6,8,20H,2,5,7H2,1H3,(H,15,21). The van der Waals surface area contributed by atoms with Gasteiger partial charge in [0.1, 0.15) is 11.4 Å². The molecule has 0 aliphatic carbocycles. The molecular formula is C14H15N5O2S. The zero-order valence-corrected chi connectivity index (χ0v) is 12.8. The van der Waals surface area contributed by atoms with Gasteiger partial charge in [-0.3, -0.25) is 9.48 Å². The van der Waals surface area contributed by atoms with Gasteiger partial charge in [-0.25, -0.2) is 4.98 Å². The zero-order chi connectivity index (χ0) is 15.5. The average Bonchev–Trinajstić information content (AvgIpc) is 3.11. The maximum absolute atomic E-state index is 12.1. The van der Waals surface area contributed by atoms with Crippen molar-refractivity contribution < 1.29 is 9.90 Å². The first kappa shape index (κ1) is 14.5. The molecule has 1 aromatic carbocycles. The van der Waals surface area contributed by atoms with Crippen LogP contribution in [0.15, 0.2) is 24.4 Å². The van der Waals surface area contributed by atoms with Gasteiger partial charge in [0, 0.05) is 6.54 Å². The molecule has 0 bridgehead atoms. The third kappa shape index (κ3) is 3.06. The molecule has 3 rings (SSSR count). The van der Waals surface area contributed by atoms with E-state index < -0.39 is 0 Å². The van der Waals surface area contributed by atoms with Crippen molar-refractivity contribution in [1.82, 2.24) is 25.3 Å². The second-order valence-electron chi connectivity index (χ2n) is 4.83. The molecule has 2 heterocycles. The minimum absolute atomic E-state index is 0.163. The lowest BCUT2D eigenvalue weighted by Crippen LogP contribution is -2.22. The van der Waals surface area contributed by atoms with Crippen LogP contribution in [0.1, 0.15) is 28.8 Å². The van der Waals surface area contributed by atoms with Crippen molar-refractivity contribution >= 4 is 27.5 Å². The number of phenolic OH excluding ortho intramolecular Hbond substituents is 1. The first-order chi connectivity index (χ1) is 10.7.